The summed E-state index contributed by atoms with van der Waals surface area (Å²) in [6.45, 7) is 0.454. The van der Waals surface area contributed by atoms with E-state index in [1.807, 2.05) is 12.1 Å². The monoisotopic (exact) mass is 674 g/mol. The van der Waals surface area contributed by atoms with Crippen LogP contribution in [-0.2, 0) is 9.53 Å². The van der Waals surface area contributed by atoms with E-state index in [1.165, 1.54) is 11.0 Å². The van der Waals surface area contributed by atoms with E-state index in [1.54, 1.807) is 42.5 Å². The molecule has 0 spiro atoms. The Morgan fingerprint density at radius 1 is 1.15 bits per heavy atom. The van der Waals surface area contributed by atoms with Crippen LogP contribution in [-0.4, -0.2) is 77.6 Å². The van der Waals surface area contributed by atoms with E-state index in [4.69, 9.17) is 13.9 Å². The van der Waals surface area contributed by atoms with Gasteiger partial charge in [0.1, 0.15) is 29.1 Å². The third-order valence-electron chi connectivity index (χ3n) is 7.27. The van der Waals surface area contributed by atoms with Gasteiger partial charge in [-0.25, -0.2) is 4.79 Å². The summed E-state index contributed by atoms with van der Waals surface area (Å²) in [4.78, 5) is 41.6. The Morgan fingerprint density at radius 2 is 1.93 bits per heavy atom. The molecule has 41 heavy (non-hydrogen) atoms. The summed E-state index contributed by atoms with van der Waals surface area (Å²) < 4.78 is 18.3. The first-order chi connectivity index (χ1) is 19.9. The highest BCUT2D eigenvalue weighted by Crippen LogP contribution is 2.31. The van der Waals surface area contributed by atoms with Crippen LogP contribution in [0.25, 0.3) is 11.0 Å². The number of para-hydroxylation sites is 2. The molecule has 0 radical (unpaired) electrons. The minimum Gasteiger partial charge on any atom is -0.482 e. The highest BCUT2D eigenvalue weighted by molar-refractivity contribution is 14.1. The molecule has 4 atom stereocenters. The summed E-state index contributed by atoms with van der Waals surface area (Å²) in [5.74, 6) is -0.563. The SMILES string of the molecule is O=C(NCCO)C1=C[C@H](Oc2ccccc2I)[C@@H](O)[C@H](N(C[C@@H]2CCCO2)C(=O)c2cc3ccccc3oc2=O)C1. The van der Waals surface area contributed by atoms with Crippen molar-refractivity contribution in [1.29, 1.82) is 0 Å². The van der Waals surface area contributed by atoms with Crippen LogP contribution < -0.4 is 15.7 Å². The van der Waals surface area contributed by atoms with E-state index in [-0.39, 0.29) is 37.8 Å². The van der Waals surface area contributed by atoms with E-state index in [9.17, 15) is 24.6 Å². The normalized spacial score (nSPS) is 22.3. The van der Waals surface area contributed by atoms with Gasteiger partial charge >= 0.3 is 5.63 Å². The molecule has 2 heterocycles. The number of nitrogens with one attached hydrogen (secondary N) is 1. The van der Waals surface area contributed by atoms with Crippen molar-refractivity contribution in [2.75, 3.05) is 26.3 Å². The van der Waals surface area contributed by atoms with Gasteiger partial charge in [0.2, 0.25) is 5.91 Å². The molecule has 3 N–H and O–H groups in total. The average molecular weight is 674 g/mol. The smallest absolute Gasteiger partial charge is 0.349 e. The lowest BCUT2D eigenvalue weighted by atomic mass is 9.87. The second kappa shape index (κ2) is 13.1. The molecule has 10 nitrogen and oxygen atoms in total. The van der Waals surface area contributed by atoms with Crippen molar-refractivity contribution >= 4 is 45.4 Å². The highest BCUT2D eigenvalue weighted by Gasteiger charge is 2.42. The summed E-state index contributed by atoms with van der Waals surface area (Å²) in [5, 5.41) is 24.1. The van der Waals surface area contributed by atoms with Gasteiger partial charge < -0.3 is 34.3 Å². The Kier molecular flexibility index (Phi) is 9.38. The number of nitrogens with zero attached hydrogens (tertiary/aromatic N) is 1. The van der Waals surface area contributed by atoms with Gasteiger partial charge in [-0.2, -0.15) is 0 Å². The predicted molar refractivity (Wildman–Crippen MR) is 159 cm³/mol. The van der Waals surface area contributed by atoms with E-state index in [2.05, 4.69) is 27.9 Å². The Hall–Kier alpha value is -3.26. The molecular weight excluding hydrogens is 643 g/mol. The molecule has 1 fully saturated rings. The number of ether oxygens (including phenoxy) is 2. The Balaban J connectivity index is 1.54. The quantitative estimate of drug-likeness (QED) is 0.233. The number of carbonyl (C=O) groups excluding carboxylic acids is 2. The van der Waals surface area contributed by atoms with Crippen molar-refractivity contribution < 1.29 is 33.7 Å². The fourth-order valence-electron chi connectivity index (χ4n) is 5.21. The largest absolute Gasteiger partial charge is 0.482 e. The summed E-state index contributed by atoms with van der Waals surface area (Å²) in [6.07, 6.45) is 0.569. The molecule has 216 valence electrons. The van der Waals surface area contributed by atoms with Crippen molar-refractivity contribution in [1.82, 2.24) is 10.2 Å². The van der Waals surface area contributed by atoms with Crippen molar-refractivity contribution in [3.05, 3.63) is 85.8 Å². The molecular formula is C30H31IN2O8. The first-order valence-corrected chi connectivity index (χ1v) is 14.6. The van der Waals surface area contributed by atoms with E-state index < -0.39 is 35.7 Å². The Bertz CT molecular complexity index is 1500. The number of aliphatic hydroxyl groups is 2. The lowest BCUT2D eigenvalue weighted by Gasteiger charge is -2.41. The minimum atomic E-state index is -1.24. The van der Waals surface area contributed by atoms with Crippen LogP contribution in [0.2, 0.25) is 0 Å². The maximum atomic E-state index is 14.1. The van der Waals surface area contributed by atoms with Crippen molar-refractivity contribution in [2.24, 2.45) is 0 Å². The summed E-state index contributed by atoms with van der Waals surface area (Å²) in [6, 6.07) is 14.7. The average Bonchev–Trinajstić information content (AvgIpc) is 3.49. The van der Waals surface area contributed by atoms with Crippen molar-refractivity contribution in [2.45, 2.75) is 43.6 Å². The van der Waals surface area contributed by atoms with E-state index in [0.717, 1.165) is 9.99 Å². The molecule has 2 aliphatic rings. The minimum absolute atomic E-state index is 0.00153. The van der Waals surface area contributed by atoms with Gasteiger partial charge in [0.15, 0.2) is 0 Å². The topological polar surface area (TPSA) is 139 Å². The van der Waals surface area contributed by atoms with Crippen LogP contribution in [0, 0.1) is 3.57 Å². The first kappa shape index (κ1) is 29.2. The van der Waals surface area contributed by atoms with Crippen LogP contribution in [0.15, 0.2) is 75.5 Å². The Labute approximate surface area is 250 Å². The molecule has 0 unspecified atom stereocenters. The fourth-order valence-corrected chi connectivity index (χ4v) is 5.72. The van der Waals surface area contributed by atoms with Crippen LogP contribution in [0.4, 0.5) is 0 Å². The second-order valence-corrected chi connectivity index (χ2v) is 11.2. The van der Waals surface area contributed by atoms with Crippen LogP contribution >= 0.6 is 22.6 Å². The maximum absolute atomic E-state index is 14.1. The lowest BCUT2D eigenvalue weighted by Crippen LogP contribution is -2.57. The van der Waals surface area contributed by atoms with Gasteiger partial charge in [0.05, 0.1) is 22.3 Å². The third kappa shape index (κ3) is 6.64. The van der Waals surface area contributed by atoms with Crippen molar-refractivity contribution in [3.8, 4) is 5.75 Å². The molecule has 1 aliphatic carbocycles. The molecule has 5 rings (SSSR count). The first-order valence-electron chi connectivity index (χ1n) is 13.5. The van der Waals surface area contributed by atoms with Gasteiger partial charge in [0, 0.05) is 37.1 Å². The van der Waals surface area contributed by atoms with Crippen LogP contribution in [0.1, 0.15) is 29.6 Å². The number of rotatable bonds is 9. The van der Waals surface area contributed by atoms with Gasteiger partial charge in [0.25, 0.3) is 5.91 Å². The molecule has 0 saturated carbocycles. The molecule has 0 bridgehead atoms. The third-order valence-corrected chi connectivity index (χ3v) is 8.16. The van der Waals surface area contributed by atoms with Gasteiger partial charge in [-0.05, 0) is 65.8 Å². The van der Waals surface area contributed by atoms with Gasteiger partial charge in [-0.15, -0.1) is 0 Å². The number of benzene rings is 2. The number of aliphatic hydroxyl groups excluding tert-OH is 2. The highest BCUT2D eigenvalue weighted by atomic mass is 127. The lowest BCUT2D eigenvalue weighted by molar-refractivity contribution is -0.118. The number of amides is 2. The maximum Gasteiger partial charge on any atom is 0.349 e. The van der Waals surface area contributed by atoms with Crippen molar-refractivity contribution in [3.63, 3.8) is 0 Å². The van der Waals surface area contributed by atoms with Crippen LogP contribution in [0.3, 0.4) is 0 Å². The van der Waals surface area contributed by atoms with Gasteiger partial charge in [-0.3, -0.25) is 9.59 Å². The fraction of sp³-hybridized carbons (Fsp3) is 0.367. The molecule has 11 heteroatoms. The number of halogens is 1. The number of fused-ring (bicyclic) bond motifs is 1. The van der Waals surface area contributed by atoms with Crippen LogP contribution in [0.5, 0.6) is 5.75 Å². The molecule has 2 aromatic carbocycles. The summed E-state index contributed by atoms with van der Waals surface area (Å²) >= 11 is 2.12. The molecule has 1 aliphatic heterocycles. The predicted octanol–water partition coefficient (Wildman–Crippen LogP) is 2.63. The van der Waals surface area contributed by atoms with E-state index >= 15 is 0 Å². The number of hydrogen-bond acceptors (Lipinski definition) is 8. The zero-order chi connectivity index (χ0) is 28.9. The number of carbonyl (C=O) groups is 2. The van der Waals surface area contributed by atoms with E-state index in [0.29, 0.717) is 35.3 Å². The van der Waals surface area contributed by atoms with Gasteiger partial charge in [-0.1, -0.05) is 30.3 Å². The molecule has 3 aromatic rings. The number of hydrogen-bond donors (Lipinski definition) is 3. The molecule has 1 saturated heterocycles. The Morgan fingerprint density at radius 3 is 2.68 bits per heavy atom. The summed E-state index contributed by atoms with van der Waals surface area (Å²) in [7, 11) is 0. The zero-order valence-corrected chi connectivity index (χ0v) is 24.4. The standard InChI is InChI=1S/C30H31IN2O8/c31-22-8-2-4-10-25(22)40-26-16-19(28(36)32-11-12-34)15-23(27(26)35)33(17-20-7-5-13-39-20)29(37)21-14-18-6-1-3-9-24(18)41-30(21)38/h1-4,6,8-10,14,16,20,23,26-27,34-35H,5,7,11-13,15,17H2,(H,32,36)/t20-,23+,26-,27-/m0/s1. The second-order valence-electron chi connectivity index (χ2n) is 10.0. The molecule has 2 amide bonds. The zero-order valence-electron chi connectivity index (χ0n) is 22.2. The summed E-state index contributed by atoms with van der Waals surface area (Å²) in [5.41, 5.74) is -0.321. The molecule has 1 aromatic heterocycles.